The van der Waals surface area contributed by atoms with Crippen molar-refractivity contribution in [3.63, 3.8) is 0 Å². The van der Waals surface area contributed by atoms with E-state index in [9.17, 15) is 0 Å². The van der Waals surface area contributed by atoms with Gasteiger partial charge in [0.2, 0.25) is 0 Å². The Morgan fingerprint density at radius 3 is 2.86 bits per heavy atom. The molecule has 14 heavy (non-hydrogen) atoms. The van der Waals surface area contributed by atoms with Crippen LogP contribution in [0.25, 0.3) is 0 Å². The summed E-state index contributed by atoms with van der Waals surface area (Å²) in [5.74, 6) is 0. The highest BCUT2D eigenvalue weighted by molar-refractivity contribution is 5.38. The van der Waals surface area contributed by atoms with E-state index >= 15 is 0 Å². The van der Waals surface area contributed by atoms with Crippen LogP contribution in [0.1, 0.15) is 39.5 Å². The van der Waals surface area contributed by atoms with Gasteiger partial charge in [-0.25, -0.2) is 0 Å². The molecule has 0 unspecified atom stereocenters. The predicted molar refractivity (Wildman–Crippen MR) is 60.4 cm³/mol. The lowest BCUT2D eigenvalue weighted by Crippen LogP contribution is -2.14. The average Bonchev–Trinajstić information content (AvgIpc) is 2.52. The number of hydrogen-bond donors (Lipinski definition) is 1. The highest BCUT2D eigenvalue weighted by atomic mass is 15.3. The third-order valence-corrected chi connectivity index (χ3v) is 2.36. The van der Waals surface area contributed by atoms with Crippen LogP contribution < -0.4 is 5.32 Å². The molecule has 1 N–H and O–H groups in total. The number of nitrogens with zero attached hydrogens (tertiary/aromatic N) is 2. The van der Waals surface area contributed by atoms with Gasteiger partial charge in [-0.3, -0.25) is 4.68 Å². The van der Waals surface area contributed by atoms with Crippen LogP contribution in [0.3, 0.4) is 0 Å². The first-order chi connectivity index (χ1) is 6.72. The molecule has 0 fully saturated rings. The van der Waals surface area contributed by atoms with Crippen molar-refractivity contribution in [3.8, 4) is 0 Å². The van der Waals surface area contributed by atoms with Crippen molar-refractivity contribution >= 4 is 5.69 Å². The standard InChI is InChI=1S/C11H21N3/c1-4-5-6-7-10(2)13-11-8-12-14(3)9-11/h8-10,13H,4-7H2,1-3H3/t10-/m1/s1. The summed E-state index contributed by atoms with van der Waals surface area (Å²) in [4.78, 5) is 0. The second kappa shape index (κ2) is 5.68. The molecule has 3 heteroatoms. The van der Waals surface area contributed by atoms with Gasteiger partial charge in [0.05, 0.1) is 11.9 Å². The summed E-state index contributed by atoms with van der Waals surface area (Å²) in [6.07, 6.45) is 9.05. The SMILES string of the molecule is CCCCC[C@@H](C)Nc1cnn(C)c1. The van der Waals surface area contributed by atoms with Crippen LogP contribution in [-0.4, -0.2) is 15.8 Å². The van der Waals surface area contributed by atoms with Crippen molar-refractivity contribution in [3.05, 3.63) is 12.4 Å². The Morgan fingerprint density at radius 2 is 2.29 bits per heavy atom. The maximum absolute atomic E-state index is 4.12. The summed E-state index contributed by atoms with van der Waals surface area (Å²) in [7, 11) is 1.94. The van der Waals surface area contributed by atoms with E-state index in [4.69, 9.17) is 0 Å². The lowest BCUT2D eigenvalue weighted by molar-refractivity contribution is 0.615. The first-order valence-corrected chi connectivity index (χ1v) is 5.47. The maximum atomic E-state index is 4.12. The Labute approximate surface area is 86.5 Å². The van der Waals surface area contributed by atoms with Crippen molar-refractivity contribution in [2.24, 2.45) is 7.05 Å². The van der Waals surface area contributed by atoms with Crippen LogP contribution in [0.15, 0.2) is 12.4 Å². The normalized spacial score (nSPS) is 12.8. The van der Waals surface area contributed by atoms with E-state index in [1.165, 1.54) is 25.7 Å². The van der Waals surface area contributed by atoms with Crippen LogP contribution in [-0.2, 0) is 7.05 Å². The Bertz CT molecular complexity index is 255. The van der Waals surface area contributed by atoms with E-state index < -0.39 is 0 Å². The van der Waals surface area contributed by atoms with Gasteiger partial charge in [0.1, 0.15) is 0 Å². The van der Waals surface area contributed by atoms with Gasteiger partial charge in [-0.05, 0) is 13.3 Å². The zero-order valence-corrected chi connectivity index (χ0v) is 9.45. The van der Waals surface area contributed by atoms with Gasteiger partial charge in [0.25, 0.3) is 0 Å². The van der Waals surface area contributed by atoms with Crippen molar-refractivity contribution in [1.29, 1.82) is 0 Å². The van der Waals surface area contributed by atoms with E-state index in [1.54, 1.807) is 0 Å². The summed E-state index contributed by atoms with van der Waals surface area (Å²) >= 11 is 0. The minimum atomic E-state index is 0.547. The van der Waals surface area contributed by atoms with E-state index in [0.717, 1.165) is 5.69 Å². The van der Waals surface area contributed by atoms with Gasteiger partial charge in [0.15, 0.2) is 0 Å². The largest absolute Gasteiger partial charge is 0.380 e. The second-order valence-corrected chi connectivity index (χ2v) is 3.94. The molecular formula is C11H21N3. The molecule has 1 rings (SSSR count). The van der Waals surface area contributed by atoms with E-state index in [-0.39, 0.29) is 0 Å². The Hall–Kier alpha value is -0.990. The van der Waals surface area contributed by atoms with Crippen LogP contribution in [0, 0.1) is 0 Å². The fraction of sp³-hybridized carbons (Fsp3) is 0.727. The number of unbranched alkanes of at least 4 members (excludes halogenated alkanes) is 2. The molecule has 3 nitrogen and oxygen atoms in total. The van der Waals surface area contributed by atoms with Crippen molar-refractivity contribution in [2.45, 2.75) is 45.6 Å². The monoisotopic (exact) mass is 195 g/mol. The molecule has 0 saturated heterocycles. The molecule has 0 aliphatic heterocycles. The summed E-state index contributed by atoms with van der Waals surface area (Å²) in [5, 5.41) is 7.56. The fourth-order valence-corrected chi connectivity index (χ4v) is 1.55. The smallest absolute Gasteiger partial charge is 0.0728 e. The lowest BCUT2D eigenvalue weighted by Gasteiger charge is -2.12. The maximum Gasteiger partial charge on any atom is 0.0728 e. The highest BCUT2D eigenvalue weighted by Crippen LogP contribution is 2.10. The fourth-order valence-electron chi connectivity index (χ4n) is 1.55. The lowest BCUT2D eigenvalue weighted by atomic mass is 10.1. The molecule has 80 valence electrons. The molecule has 1 aromatic heterocycles. The molecule has 0 aromatic carbocycles. The summed E-state index contributed by atoms with van der Waals surface area (Å²) in [6.45, 7) is 4.46. The van der Waals surface area contributed by atoms with Crippen LogP contribution in [0.5, 0.6) is 0 Å². The Balaban J connectivity index is 2.23. The second-order valence-electron chi connectivity index (χ2n) is 3.94. The first-order valence-electron chi connectivity index (χ1n) is 5.47. The third-order valence-electron chi connectivity index (χ3n) is 2.36. The van der Waals surface area contributed by atoms with E-state index in [0.29, 0.717) is 6.04 Å². The quantitative estimate of drug-likeness (QED) is 0.707. The first kappa shape index (κ1) is 11.1. The summed E-state index contributed by atoms with van der Waals surface area (Å²) in [5.41, 5.74) is 1.12. The van der Waals surface area contributed by atoms with Crippen molar-refractivity contribution in [2.75, 3.05) is 5.32 Å². The highest BCUT2D eigenvalue weighted by Gasteiger charge is 2.02. The molecule has 0 saturated carbocycles. The molecule has 1 atom stereocenters. The topological polar surface area (TPSA) is 29.9 Å². The number of hydrogen-bond acceptors (Lipinski definition) is 2. The number of nitrogens with one attached hydrogen (secondary N) is 1. The molecule has 0 spiro atoms. The third kappa shape index (κ3) is 3.81. The molecular weight excluding hydrogens is 174 g/mol. The number of rotatable bonds is 6. The van der Waals surface area contributed by atoms with Crippen molar-refractivity contribution < 1.29 is 0 Å². The van der Waals surface area contributed by atoms with E-state index in [1.807, 2.05) is 24.1 Å². The Kier molecular flexibility index (Phi) is 4.50. The molecule has 0 aliphatic rings. The minimum Gasteiger partial charge on any atom is -0.380 e. The Morgan fingerprint density at radius 1 is 1.50 bits per heavy atom. The molecule has 0 amide bonds. The minimum absolute atomic E-state index is 0.547. The van der Waals surface area contributed by atoms with E-state index in [2.05, 4.69) is 24.3 Å². The molecule has 0 aliphatic carbocycles. The summed E-state index contributed by atoms with van der Waals surface area (Å²) in [6, 6.07) is 0.547. The predicted octanol–water partition coefficient (Wildman–Crippen LogP) is 2.80. The van der Waals surface area contributed by atoms with Gasteiger partial charge >= 0.3 is 0 Å². The van der Waals surface area contributed by atoms with Gasteiger partial charge in [-0.2, -0.15) is 5.10 Å². The van der Waals surface area contributed by atoms with Crippen molar-refractivity contribution in [1.82, 2.24) is 9.78 Å². The van der Waals surface area contributed by atoms with Gasteiger partial charge in [-0.1, -0.05) is 26.2 Å². The molecule has 1 aromatic rings. The zero-order chi connectivity index (χ0) is 10.4. The number of aromatic nitrogens is 2. The van der Waals surface area contributed by atoms with Crippen LogP contribution in [0.4, 0.5) is 5.69 Å². The van der Waals surface area contributed by atoms with Gasteiger partial charge < -0.3 is 5.32 Å². The van der Waals surface area contributed by atoms with Gasteiger partial charge in [0, 0.05) is 19.3 Å². The average molecular weight is 195 g/mol. The molecule has 0 bridgehead atoms. The molecule has 0 radical (unpaired) electrons. The molecule has 1 heterocycles. The van der Waals surface area contributed by atoms with Gasteiger partial charge in [-0.15, -0.1) is 0 Å². The summed E-state index contributed by atoms with van der Waals surface area (Å²) < 4.78 is 1.82. The zero-order valence-electron chi connectivity index (χ0n) is 9.45. The number of anilines is 1. The van der Waals surface area contributed by atoms with Crippen LogP contribution in [0.2, 0.25) is 0 Å². The van der Waals surface area contributed by atoms with Crippen LogP contribution >= 0.6 is 0 Å². The number of aryl methyl sites for hydroxylation is 1.